The summed E-state index contributed by atoms with van der Waals surface area (Å²) in [5.74, 6) is 0.546. The van der Waals surface area contributed by atoms with Gasteiger partial charge in [-0.25, -0.2) is 13.6 Å². The zero-order valence-electron chi connectivity index (χ0n) is 12.2. The van der Waals surface area contributed by atoms with Gasteiger partial charge < -0.3 is 9.73 Å². The van der Waals surface area contributed by atoms with Crippen LogP contribution in [0.4, 0.5) is 0 Å². The first-order chi connectivity index (χ1) is 9.90. The van der Waals surface area contributed by atoms with Crippen LogP contribution in [0.15, 0.2) is 45.9 Å². The zero-order valence-corrected chi connectivity index (χ0v) is 13.0. The summed E-state index contributed by atoms with van der Waals surface area (Å²) in [4.78, 5) is 0. The third kappa shape index (κ3) is 4.17. The van der Waals surface area contributed by atoms with Crippen molar-refractivity contribution >= 4 is 10.0 Å². The molecule has 2 rings (SSSR count). The zero-order chi connectivity index (χ0) is 15.5. The average molecular weight is 308 g/mol. The number of hydrogen-bond donors (Lipinski definition) is 2. The minimum Gasteiger partial charge on any atom is -0.447 e. The van der Waals surface area contributed by atoms with Gasteiger partial charge in [-0.15, -0.1) is 0 Å². The maximum atomic E-state index is 11.2. The molecule has 0 saturated heterocycles. The Kier molecular flexibility index (Phi) is 4.82. The van der Waals surface area contributed by atoms with E-state index in [2.05, 4.69) is 43.4 Å². The Bertz CT molecular complexity index is 690. The van der Waals surface area contributed by atoms with Crippen molar-refractivity contribution in [1.29, 1.82) is 0 Å². The van der Waals surface area contributed by atoms with Crippen LogP contribution in [0.5, 0.6) is 0 Å². The molecule has 0 fully saturated rings. The highest BCUT2D eigenvalue weighted by Crippen LogP contribution is 2.19. The SMILES string of the molecule is CCC(NCc1ccc(S(N)(=O)=O)o1)c1ccc(C)cc1. The van der Waals surface area contributed by atoms with Crippen LogP contribution >= 0.6 is 0 Å². The topological polar surface area (TPSA) is 85.3 Å². The Morgan fingerprint density at radius 1 is 1.19 bits per heavy atom. The van der Waals surface area contributed by atoms with Crippen molar-refractivity contribution in [3.8, 4) is 0 Å². The minimum atomic E-state index is -3.78. The van der Waals surface area contributed by atoms with Gasteiger partial charge in [0.15, 0.2) is 0 Å². The van der Waals surface area contributed by atoms with E-state index in [9.17, 15) is 8.42 Å². The standard InChI is InChI=1S/C15H20N2O3S/c1-3-14(12-6-4-11(2)5-7-12)17-10-13-8-9-15(20-13)21(16,18)19/h4-9,14,17H,3,10H2,1-2H3,(H2,16,18,19). The number of sulfonamides is 1. The summed E-state index contributed by atoms with van der Waals surface area (Å²) in [5.41, 5.74) is 2.42. The minimum absolute atomic E-state index is 0.189. The molecule has 1 aromatic heterocycles. The van der Waals surface area contributed by atoms with Gasteiger partial charge in [0.25, 0.3) is 10.0 Å². The summed E-state index contributed by atoms with van der Waals surface area (Å²) in [6.45, 7) is 4.59. The lowest BCUT2D eigenvalue weighted by molar-refractivity contribution is 0.387. The van der Waals surface area contributed by atoms with Gasteiger partial charge in [0.1, 0.15) is 5.76 Å². The number of hydrogen-bond acceptors (Lipinski definition) is 4. The molecule has 2 aromatic rings. The second-order valence-corrected chi connectivity index (χ2v) is 6.51. The number of primary sulfonamides is 1. The third-order valence-corrected chi connectivity index (χ3v) is 4.11. The van der Waals surface area contributed by atoms with Crippen LogP contribution in [0.25, 0.3) is 0 Å². The smallest absolute Gasteiger partial charge is 0.271 e. The van der Waals surface area contributed by atoms with Crippen LogP contribution < -0.4 is 10.5 Å². The summed E-state index contributed by atoms with van der Waals surface area (Å²) < 4.78 is 27.5. The average Bonchev–Trinajstić information content (AvgIpc) is 2.90. The van der Waals surface area contributed by atoms with Crippen LogP contribution in [0, 0.1) is 6.92 Å². The van der Waals surface area contributed by atoms with E-state index in [-0.39, 0.29) is 11.1 Å². The molecule has 0 radical (unpaired) electrons. The summed E-state index contributed by atoms with van der Waals surface area (Å²) in [7, 11) is -3.78. The molecule has 0 spiro atoms. The molecular weight excluding hydrogens is 288 g/mol. The monoisotopic (exact) mass is 308 g/mol. The van der Waals surface area contributed by atoms with Gasteiger partial charge in [0.2, 0.25) is 5.09 Å². The van der Waals surface area contributed by atoms with E-state index in [0.717, 1.165) is 6.42 Å². The van der Waals surface area contributed by atoms with E-state index in [0.29, 0.717) is 12.3 Å². The molecule has 0 aliphatic rings. The molecule has 1 unspecified atom stereocenters. The molecule has 1 aromatic carbocycles. The van der Waals surface area contributed by atoms with E-state index in [1.165, 1.54) is 17.2 Å². The van der Waals surface area contributed by atoms with Gasteiger partial charge in [0.05, 0.1) is 6.54 Å². The predicted molar refractivity (Wildman–Crippen MR) is 81.1 cm³/mol. The Morgan fingerprint density at radius 3 is 2.38 bits per heavy atom. The van der Waals surface area contributed by atoms with Gasteiger partial charge in [0, 0.05) is 6.04 Å². The maximum absolute atomic E-state index is 11.2. The number of benzene rings is 1. The molecule has 0 amide bonds. The summed E-state index contributed by atoms with van der Waals surface area (Å²) in [5, 5.41) is 8.17. The van der Waals surface area contributed by atoms with Crippen LogP contribution in [-0.4, -0.2) is 8.42 Å². The lowest BCUT2D eigenvalue weighted by atomic mass is 10.0. The van der Waals surface area contributed by atoms with Gasteiger partial charge in [-0.3, -0.25) is 0 Å². The van der Waals surface area contributed by atoms with Crippen molar-refractivity contribution in [2.45, 2.75) is 37.9 Å². The third-order valence-electron chi connectivity index (χ3n) is 3.33. The van der Waals surface area contributed by atoms with Gasteiger partial charge in [-0.2, -0.15) is 0 Å². The molecule has 21 heavy (non-hydrogen) atoms. The predicted octanol–water partition coefficient (Wildman–Crippen LogP) is 2.48. The molecule has 0 saturated carbocycles. The molecule has 114 valence electrons. The van der Waals surface area contributed by atoms with Crippen LogP contribution in [-0.2, 0) is 16.6 Å². The summed E-state index contributed by atoms with van der Waals surface area (Å²) in [6, 6.07) is 11.5. The highest BCUT2D eigenvalue weighted by Gasteiger charge is 2.14. The first kappa shape index (κ1) is 15.8. The van der Waals surface area contributed by atoms with Crippen molar-refractivity contribution in [2.75, 3.05) is 0 Å². The fourth-order valence-corrected chi connectivity index (χ4v) is 2.61. The Labute approximate surface area is 125 Å². The number of nitrogens with two attached hydrogens (primary N) is 1. The molecule has 0 bridgehead atoms. The lowest BCUT2D eigenvalue weighted by Crippen LogP contribution is -2.20. The first-order valence-corrected chi connectivity index (χ1v) is 8.36. The normalized spacial score (nSPS) is 13.3. The highest BCUT2D eigenvalue weighted by molar-refractivity contribution is 7.89. The molecule has 0 aliphatic heterocycles. The van der Waals surface area contributed by atoms with Gasteiger partial charge >= 0.3 is 0 Å². The molecule has 1 atom stereocenters. The summed E-state index contributed by atoms with van der Waals surface area (Å²) in [6.07, 6.45) is 0.922. The molecule has 1 heterocycles. The highest BCUT2D eigenvalue weighted by atomic mass is 32.2. The van der Waals surface area contributed by atoms with Gasteiger partial charge in [-0.05, 0) is 31.0 Å². The Hall–Kier alpha value is -1.63. The van der Waals surface area contributed by atoms with Crippen molar-refractivity contribution in [3.05, 3.63) is 53.3 Å². The van der Waals surface area contributed by atoms with E-state index in [4.69, 9.17) is 9.56 Å². The van der Waals surface area contributed by atoms with E-state index in [1.54, 1.807) is 6.07 Å². The molecular formula is C15H20N2O3S. The molecule has 5 nitrogen and oxygen atoms in total. The van der Waals surface area contributed by atoms with Crippen molar-refractivity contribution < 1.29 is 12.8 Å². The number of nitrogens with one attached hydrogen (secondary N) is 1. The fraction of sp³-hybridized carbons (Fsp3) is 0.333. The van der Waals surface area contributed by atoms with E-state index in [1.807, 2.05) is 0 Å². The number of furan rings is 1. The molecule has 0 aliphatic carbocycles. The van der Waals surface area contributed by atoms with Crippen molar-refractivity contribution in [2.24, 2.45) is 5.14 Å². The van der Waals surface area contributed by atoms with Crippen LogP contribution in [0.3, 0.4) is 0 Å². The second kappa shape index (κ2) is 6.43. The first-order valence-electron chi connectivity index (χ1n) is 6.81. The lowest BCUT2D eigenvalue weighted by Gasteiger charge is -2.16. The van der Waals surface area contributed by atoms with Crippen molar-refractivity contribution in [3.63, 3.8) is 0 Å². The van der Waals surface area contributed by atoms with Crippen molar-refractivity contribution in [1.82, 2.24) is 5.32 Å². The van der Waals surface area contributed by atoms with Gasteiger partial charge in [-0.1, -0.05) is 36.8 Å². The quantitative estimate of drug-likeness (QED) is 0.858. The molecule has 3 N–H and O–H groups in total. The van der Waals surface area contributed by atoms with Crippen LogP contribution in [0.2, 0.25) is 0 Å². The Morgan fingerprint density at radius 2 is 1.86 bits per heavy atom. The number of aryl methyl sites for hydroxylation is 1. The summed E-state index contributed by atoms with van der Waals surface area (Å²) >= 11 is 0. The van der Waals surface area contributed by atoms with E-state index >= 15 is 0 Å². The largest absolute Gasteiger partial charge is 0.447 e. The fourth-order valence-electron chi connectivity index (χ4n) is 2.13. The maximum Gasteiger partial charge on any atom is 0.271 e. The number of rotatable bonds is 6. The second-order valence-electron chi connectivity index (χ2n) is 5.02. The van der Waals surface area contributed by atoms with Crippen LogP contribution in [0.1, 0.15) is 36.3 Å². The molecule has 6 heteroatoms. The van der Waals surface area contributed by atoms with E-state index < -0.39 is 10.0 Å². The Balaban J connectivity index is 2.03.